The largest absolute Gasteiger partial charge is 0.462 e. The van der Waals surface area contributed by atoms with Crippen LogP contribution in [-0.4, -0.2) is 34.0 Å². The van der Waals surface area contributed by atoms with Crippen LogP contribution < -0.4 is 0 Å². The minimum atomic E-state index is -1.16. The van der Waals surface area contributed by atoms with Crippen molar-refractivity contribution < 1.29 is 19.7 Å². The Labute approximate surface area is 201 Å². The number of allylic oxidation sites excluding steroid dienone is 2. The van der Waals surface area contributed by atoms with Crippen LogP contribution in [0.3, 0.4) is 0 Å². The summed E-state index contributed by atoms with van der Waals surface area (Å²) in [6.07, 6.45) is 12.6. The molecule has 188 valence electrons. The fraction of sp³-hybridized carbons (Fsp3) is 0.897. The molecule has 2 N–H and O–H groups in total. The Bertz CT molecular complexity index is 761. The second-order valence-corrected chi connectivity index (χ2v) is 13.1. The van der Waals surface area contributed by atoms with E-state index in [1.54, 1.807) is 0 Å². The van der Waals surface area contributed by atoms with Crippen molar-refractivity contribution in [1.82, 2.24) is 0 Å². The van der Waals surface area contributed by atoms with Crippen LogP contribution in [0.15, 0.2) is 12.2 Å². The molecule has 0 aromatic carbocycles. The zero-order valence-electron chi connectivity index (χ0n) is 21.8. The lowest BCUT2D eigenvalue weighted by Gasteiger charge is -2.65. The fourth-order valence-corrected chi connectivity index (χ4v) is 9.18. The maximum atomic E-state index is 11.9. The van der Waals surface area contributed by atoms with Gasteiger partial charge in [0, 0.05) is 18.8 Å². The van der Waals surface area contributed by atoms with Crippen LogP contribution in [0.1, 0.15) is 99.3 Å². The normalized spacial score (nSPS) is 48.3. The van der Waals surface area contributed by atoms with E-state index in [-0.39, 0.29) is 17.5 Å². The number of esters is 1. The van der Waals surface area contributed by atoms with Gasteiger partial charge in [-0.3, -0.25) is 4.79 Å². The summed E-state index contributed by atoms with van der Waals surface area (Å²) in [6, 6.07) is 0. The number of hydrogen-bond acceptors (Lipinski definition) is 4. The number of hydrogen-bond donors (Lipinski definition) is 2. The van der Waals surface area contributed by atoms with Gasteiger partial charge in [-0.2, -0.15) is 0 Å². The molecule has 4 fully saturated rings. The summed E-state index contributed by atoms with van der Waals surface area (Å²) in [5.41, 5.74) is -1.15. The molecule has 4 heteroatoms. The van der Waals surface area contributed by atoms with Gasteiger partial charge in [0.2, 0.25) is 0 Å². The third-order valence-electron chi connectivity index (χ3n) is 10.9. The first kappa shape index (κ1) is 25.2. The van der Waals surface area contributed by atoms with Crippen LogP contribution in [0.2, 0.25) is 0 Å². The van der Waals surface area contributed by atoms with E-state index in [2.05, 4.69) is 46.8 Å². The smallest absolute Gasteiger partial charge is 0.302 e. The van der Waals surface area contributed by atoms with Gasteiger partial charge in [-0.1, -0.05) is 46.8 Å². The molecule has 4 aliphatic rings. The Balaban J connectivity index is 1.54. The van der Waals surface area contributed by atoms with E-state index >= 15 is 0 Å². The molecule has 0 amide bonds. The average molecular weight is 461 g/mol. The molecule has 4 rings (SSSR count). The monoisotopic (exact) mass is 460 g/mol. The highest BCUT2D eigenvalue weighted by atomic mass is 16.5. The molecule has 33 heavy (non-hydrogen) atoms. The molecular formula is C29H48O4. The third kappa shape index (κ3) is 4.11. The molecular weight excluding hydrogens is 412 g/mol. The molecule has 0 spiro atoms. The molecule has 0 radical (unpaired) electrons. The average Bonchev–Trinajstić information content (AvgIpc) is 3.07. The van der Waals surface area contributed by atoms with E-state index in [0.717, 1.165) is 25.7 Å². The highest BCUT2D eigenvalue weighted by molar-refractivity contribution is 5.66. The zero-order chi connectivity index (χ0) is 24.2. The molecule has 0 bridgehead atoms. The van der Waals surface area contributed by atoms with Crippen molar-refractivity contribution in [2.45, 2.75) is 117 Å². The number of aliphatic hydroxyl groups is 2. The van der Waals surface area contributed by atoms with Gasteiger partial charge in [0.25, 0.3) is 0 Å². The highest BCUT2D eigenvalue weighted by Gasteiger charge is 2.67. The summed E-state index contributed by atoms with van der Waals surface area (Å²) in [7, 11) is 0. The summed E-state index contributed by atoms with van der Waals surface area (Å²) in [6.45, 7) is 13.2. The van der Waals surface area contributed by atoms with Crippen molar-refractivity contribution >= 4 is 5.97 Å². The van der Waals surface area contributed by atoms with E-state index in [0.29, 0.717) is 53.8 Å². The standard InChI is InChI=1S/C29H48O4/c1-18(2)8-7-9-19(3)23-10-11-24-22-16-26(31)29(32)17-21(33-20(4)30)12-15-28(29,6)25(22)13-14-27(23,24)5/h7,9,18-19,21-26,31-32H,8,10-17H2,1-6H3/b9-7+/t19-,21+,22?,23-,24?,25?,26-,27-,28-,29+/m1/s1. The van der Waals surface area contributed by atoms with Crippen LogP contribution in [0.25, 0.3) is 0 Å². The van der Waals surface area contributed by atoms with Crippen LogP contribution in [-0.2, 0) is 9.53 Å². The number of ether oxygens (including phenoxy) is 1. The molecule has 0 aromatic heterocycles. The first-order chi connectivity index (χ1) is 15.4. The predicted octanol–water partition coefficient (Wildman–Crippen LogP) is 5.90. The number of carbonyl (C=O) groups is 1. The lowest BCUT2D eigenvalue weighted by molar-refractivity contribution is -0.266. The Hall–Kier alpha value is -0.870. The summed E-state index contributed by atoms with van der Waals surface area (Å²) >= 11 is 0. The fourth-order valence-electron chi connectivity index (χ4n) is 9.18. The van der Waals surface area contributed by atoms with Gasteiger partial charge in [0.15, 0.2) is 0 Å². The predicted molar refractivity (Wildman–Crippen MR) is 131 cm³/mol. The molecule has 0 aromatic rings. The Morgan fingerprint density at radius 2 is 1.82 bits per heavy atom. The Morgan fingerprint density at radius 1 is 1.09 bits per heavy atom. The molecule has 4 aliphatic carbocycles. The Kier molecular flexibility index (Phi) is 6.86. The van der Waals surface area contributed by atoms with Crippen molar-refractivity contribution in [3.05, 3.63) is 12.2 Å². The van der Waals surface area contributed by atoms with E-state index in [1.165, 1.54) is 26.2 Å². The summed E-state index contributed by atoms with van der Waals surface area (Å²) in [4.78, 5) is 11.5. The summed E-state index contributed by atoms with van der Waals surface area (Å²) in [5.74, 6) is 3.25. The maximum Gasteiger partial charge on any atom is 0.302 e. The van der Waals surface area contributed by atoms with Crippen LogP contribution >= 0.6 is 0 Å². The van der Waals surface area contributed by atoms with Gasteiger partial charge in [-0.05, 0) is 92.3 Å². The summed E-state index contributed by atoms with van der Waals surface area (Å²) < 4.78 is 5.49. The van der Waals surface area contributed by atoms with Crippen molar-refractivity contribution in [1.29, 1.82) is 0 Å². The van der Waals surface area contributed by atoms with E-state index in [1.807, 2.05) is 0 Å². The van der Waals surface area contributed by atoms with Crippen LogP contribution in [0.4, 0.5) is 0 Å². The first-order valence-corrected chi connectivity index (χ1v) is 13.7. The molecule has 0 heterocycles. The van der Waals surface area contributed by atoms with Crippen molar-refractivity contribution in [2.75, 3.05) is 0 Å². The lowest BCUT2D eigenvalue weighted by atomic mass is 9.42. The van der Waals surface area contributed by atoms with E-state index in [4.69, 9.17) is 4.74 Å². The third-order valence-corrected chi connectivity index (χ3v) is 10.9. The topological polar surface area (TPSA) is 66.8 Å². The lowest BCUT2D eigenvalue weighted by Crippen LogP contribution is -2.68. The molecule has 4 nitrogen and oxygen atoms in total. The van der Waals surface area contributed by atoms with Crippen molar-refractivity contribution in [3.63, 3.8) is 0 Å². The SMILES string of the molecule is CC(=O)O[C@H]1CC[C@]2(C)C3CC[C@@]4(C)C(CC[C@@H]4[C@H](C)/C=C/CC(C)C)C3C[C@@H](O)[C@@]2(O)C1. The van der Waals surface area contributed by atoms with Gasteiger partial charge >= 0.3 is 5.97 Å². The number of carbonyl (C=O) groups excluding carboxylic acids is 1. The zero-order valence-corrected chi connectivity index (χ0v) is 21.8. The van der Waals surface area contributed by atoms with Crippen LogP contribution in [0.5, 0.6) is 0 Å². The second-order valence-electron chi connectivity index (χ2n) is 13.1. The molecule has 3 unspecified atom stereocenters. The second kappa shape index (κ2) is 8.97. The van der Waals surface area contributed by atoms with Gasteiger partial charge in [-0.25, -0.2) is 0 Å². The molecule has 0 saturated heterocycles. The van der Waals surface area contributed by atoms with Gasteiger partial charge in [-0.15, -0.1) is 0 Å². The van der Waals surface area contributed by atoms with E-state index < -0.39 is 11.7 Å². The van der Waals surface area contributed by atoms with Crippen molar-refractivity contribution in [2.24, 2.45) is 46.3 Å². The molecule has 0 aliphatic heterocycles. The quantitative estimate of drug-likeness (QED) is 0.396. The van der Waals surface area contributed by atoms with Gasteiger partial charge < -0.3 is 14.9 Å². The summed E-state index contributed by atoms with van der Waals surface area (Å²) in [5, 5.41) is 23.2. The molecule has 10 atom stereocenters. The van der Waals surface area contributed by atoms with Gasteiger partial charge in [0.05, 0.1) is 11.7 Å². The minimum absolute atomic E-state index is 0.282. The van der Waals surface area contributed by atoms with Gasteiger partial charge in [0.1, 0.15) is 6.10 Å². The first-order valence-electron chi connectivity index (χ1n) is 13.7. The number of rotatable bonds is 5. The maximum absolute atomic E-state index is 11.9. The highest BCUT2D eigenvalue weighted by Crippen LogP contribution is 2.69. The number of aliphatic hydroxyl groups excluding tert-OH is 1. The Morgan fingerprint density at radius 3 is 2.48 bits per heavy atom. The van der Waals surface area contributed by atoms with Crippen LogP contribution in [0, 0.1) is 46.3 Å². The molecule has 4 saturated carbocycles. The number of fused-ring (bicyclic) bond motifs is 5. The van der Waals surface area contributed by atoms with E-state index in [9.17, 15) is 15.0 Å². The van der Waals surface area contributed by atoms with Crippen molar-refractivity contribution in [3.8, 4) is 0 Å². The minimum Gasteiger partial charge on any atom is -0.462 e.